The Labute approximate surface area is 826 Å². The monoisotopic (exact) mass is 1870 g/mol. The lowest BCUT2D eigenvalue weighted by atomic mass is 9.95. The SMILES string of the molecule is CCCCCc1cc2c(CCCCCN)cc(CCCCCN)cc2nc1N.CCCCCc1cc2cc(CCCCCN)ccc2nc1N.CCCCCc1cc2cc(CCCCN)ccc2nc1N.CCCCCc1cc2ccc(CCCCCCN)cc2nc1N.CCCCCc1cc2ccc(CCCCCN)cc2nc1N.CCCCCc1cc2ccc(CCCCN)cc2nc1N. The van der Waals surface area contributed by atoms with Gasteiger partial charge in [-0.3, -0.25) is 0 Å². The number of rotatable bonds is 58. The highest BCUT2D eigenvalue weighted by atomic mass is 14.9. The van der Waals surface area contributed by atoms with Crippen molar-refractivity contribution in [1.82, 2.24) is 29.9 Å². The Hall–Kier alpha value is -9.70. The number of fused-ring (bicyclic) bond motifs is 6. The van der Waals surface area contributed by atoms with Crippen molar-refractivity contribution in [2.24, 2.45) is 40.1 Å². The van der Waals surface area contributed by atoms with Gasteiger partial charge in [-0.25, -0.2) is 29.9 Å². The van der Waals surface area contributed by atoms with Crippen LogP contribution in [0.2, 0.25) is 0 Å². The van der Waals surface area contributed by atoms with Crippen LogP contribution in [0.3, 0.4) is 0 Å². The van der Waals surface area contributed by atoms with Crippen LogP contribution in [-0.4, -0.2) is 75.7 Å². The lowest BCUT2D eigenvalue weighted by Gasteiger charge is -2.13. The molecule has 0 radical (unpaired) electrons. The number of hydrogen-bond donors (Lipinski definition) is 13. The van der Waals surface area contributed by atoms with Gasteiger partial charge in [-0.2, -0.15) is 0 Å². The molecule has 6 aromatic carbocycles. The highest BCUT2D eigenvalue weighted by Crippen LogP contribution is 2.32. The molecule has 0 bridgehead atoms. The summed E-state index contributed by atoms with van der Waals surface area (Å²) in [6.07, 6.45) is 59.0. The average Bonchev–Trinajstić information content (AvgIpc) is 0.781. The summed E-state index contributed by atoms with van der Waals surface area (Å²) < 4.78 is 0. The third kappa shape index (κ3) is 42.5. The van der Waals surface area contributed by atoms with Gasteiger partial charge in [0.25, 0.3) is 0 Å². The zero-order valence-corrected chi connectivity index (χ0v) is 86.0. The molecule has 0 aliphatic heterocycles. The molecule has 137 heavy (non-hydrogen) atoms. The number of anilines is 6. The maximum Gasteiger partial charge on any atom is 0.127 e. The minimum absolute atomic E-state index is 0.689. The van der Waals surface area contributed by atoms with Crippen LogP contribution in [0.4, 0.5) is 34.9 Å². The third-order valence-corrected chi connectivity index (χ3v) is 26.4. The fourth-order valence-corrected chi connectivity index (χ4v) is 17.9. The summed E-state index contributed by atoms with van der Waals surface area (Å²) in [7, 11) is 0. The highest BCUT2D eigenvalue weighted by molar-refractivity contribution is 5.88. The number of hydrogen-bond acceptors (Lipinski definition) is 19. The van der Waals surface area contributed by atoms with Crippen LogP contribution >= 0.6 is 0 Å². The molecule has 26 N–H and O–H groups in total. The van der Waals surface area contributed by atoms with Crippen LogP contribution < -0.4 is 74.5 Å². The van der Waals surface area contributed by atoms with Crippen LogP contribution in [0.15, 0.2) is 140 Å². The minimum Gasteiger partial charge on any atom is -0.383 e. The van der Waals surface area contributed by atoms with E-state index in [2.05, 4.69) is 206 Å². The molecule has 19 nitrogen and oxygen atoms in total. The number of aryl methyl sites for hydroxylation is 13. The quantitative estimate of drug-likeness (QED) is 0.0157. The van der Waals surface area contributed by atoms with E-state index >= 15 is 0 Å². The molecule has 12 rings (SSSR count). The Balaban J connectivity index is 0.000000224. The second-order valence-corrected chi connectivity index (χ2v) is 38.2. The van der Waals surface area contributed by atoms with Gasteiger partial charge < -0.3 is 74.5 Å². The van der Waals surface area contributed by atoms with Gasteiger partial charge in [-0.05, 0) is 415 Å². The second kappa shape index (κ2) is 68.4. The van der Waals surface area contributed by atoms with Gasteiger partial charge in [-0.1, -0.05) is 212 Å². The normalized spacial score (nSPS) is 11.2. The Morgan fingerprint density at radius 3 is 0.664 bits per heavy atom. The zero-order chi connectivity index (χ0) is 98.4. The van der Waals surface area contributed by atoms with E-state index in [0.717, 1.165) is 220 Å². The Bertz CT molecular complexity index is 5360. The number of nitrogen functional groups attached to an aromatic ring is 6. The smallest absolute Gasteiger partial charge is 0.127 e. The van der Waals surface area contributed by atoms with Gasteiger partial charge in [0.15, 0.2) is 0 Å². The summed E-state index contributed by atoms with van der Waals surface area (Å²) in [5.74, 6) is 4.18. The van der Waals surface area contributed by atoms with Gasteiger partial charge in [0.1, 0.15) is 34.9 Å². The number of benzene rings is 6. The van der Waals surface area contributed by atoms with Crippen LogP contribution in [0.25, 0.3) is 65.4 Å². The number of pyridine rings is 6. The van der Waals surface area contributed by atoms with Gasteiger partial charge in [-0.15, -0.1) is 0 Å². The van der Waals surface area contributed by atoms with Crippen molar-refractivity contribution in [3.05, 3.63) is 212 Å². The Morgan fingerprint density at radius 2 is 0.365 bits per heavy atom. The lowest BCUT2D eigenvalue weighted by Crippen LogP contribution is -2.02. The Kier molecular flexibility index (Phi) is 57.0. The van der Waals surface area contributed by atoms with Crippen molar-refractivity contribution >= 4 is 100 Å². The van der Waals surface area contributed by atoms with Crippen molar-refractivity contribution in [3.63, 3.8) is 0 Å². The molecule has 750 valence electrons. The van der Waals surface area contributed by atoms with Crippen LogP contribution in [-0.2, 0) is 83.5 Å². The van der Waals surface area contributed by atoms with Crippen molar-refractivity contribution in [2.45, 2.75) is 369 Å². The molecule has 0 aliphatic carbocycles. The molecule has 0 amide bonds. The highest BCUT2D eigenvalue weighted by Gasteiger charge is 2.16. The van der Waals surface area contributed by atoms with Gasteiger partial charge in [0.05, 0.1) is 33.1 Å². The molecule has 0 saturated carbocycles. The average molecular weight is 1870 g/mol. The van der Waals surface area contributed by atoms with Crippen LogP contribution in [0.5, 0.6) is 0 Å². The summed E-state index contributed by atoms with van der Waals surface area (Å²) in [6.45, 7) is 18.8. The molecule has 0 saturated heterocycles. The maximum absolute atomic E-state index is 6.31. The Morgan fingerprint density at radius 1 is 0.161 bits per heavy atom. The minimum atomic E-state index is 0.689. The third-order valence-electron chi connectivity index (χ3n) is 26.4. The number of unbranched alkanes of at least 4 members (excludes halogenated alkanes) is 25. The predicted octanol–water partition coefficient (Wildman–Crippen LogP) is 25.6. The van der Waals surface area contributed by atoms with Crippen molar-refractivity contribution in [1.29, 1.82) is 0 Å². The van der Waals surface area contributed by atoms with E-state index in [1.54, 1.807) is 0 Å². The molecule has 12 aromatic rings. The molecule has 0 spiro atoms. The standard InChI is InChI=1S/C24H40N4.C20H31N3.2C19H29N3.2C18H27N3/c1-2-3-6-13-21-18-22-20(12-8-5-10-15-26)16-19(11-7-4-9-14-25)17-23(22)28-24(21)27;1-2-3-6-10-18-15-17-12-11-16(9-7-4-5-8-13-21)14-19(17)23-20(18)22;1-2-3-5-9-17-14-16-11-10-15(8-6-4-7-12-20)13-18(16)22-19(17)21;1-2-3-5-9-16-14-17-13-15(8-6-4-7-12-20)10-11-18(17)22-19(16)21;1-2-3-4-8-16-13-15-10-9-14(7-5-6-11-19)12-17(15)21-18(16)20;1-2-3-4-8-15-13-16-12-14(7-5-6-11-19)9-10-17(16)21-18(15)20/h16-18H,2-15,25-26H2,1H3,(H2,27,28);11-12,14-15H,2-10,13,21H2,1H3,(H2,22,23);2*10-11,13-14H,2-9,12,20H2,1H3,(H2,21,22);2*9-10,12-13H,2-8,11,19H2,1H3,(H2,20,21). The summed E-state index contributed by atoms with van der Waals surface area (Å²) >= 11 is 0. The molecular weight excluding hydrogens is 1680 g/mol. The molecular formula is C118H183N19. The summed E-state index contributed by atoms with van der Waals surface area (Å²) in [6, 6.07) is 50.8. The summed E-state index contributed by atoms with van der Waals surface area (Å²) in [5.41, 5.74) is 98.7. The van der Waals surface area contributed by atoms with E-state index < -0.39 is 0 Å². The number of aromatic nitrogens is 6. The van der Waals surface area contributed by atoms with Crippen molar-refractivity contribution in [3.8, 4) is 0 Å². The second-order valence-electron chi connectivity index (χ2n) is 38.2. The molecule has 0 fully saturated rings. The maximum atomic E-state index is 6.31. The first-order valence-corrected chi connectivity index (χ1v) is 53.9. The first kappa shape index (κ1) is 114. The van der Waals surface area contributed by atoms with Gasteiger partial charge >= 0.3 is 0 Å². The molecule has 0 aliphatic rings. The van der Waals surface area contributed by atoms with E-state index in [4.69, 9.17) is 79.5 Å². The lowest BCUT2D eigenvalue weighted by molar-refractivity contribution is 0.647. The largest absolute Gasteiger partial charge is 0.383 e. The molecule has 0 unspecified atom stereocenters. The van der Waals surface area contributed by atoms with E-state index in [-0.39, 0.29) is 0 Å². The van der Waals surface area contributed by atoms with Crippen molar-refractivity contribution in [2.75, 3.05) is 80.2 Å². The van der Waals surface area contributed by atoms with E-state index in [1.165, 1.54) is 291 Å². The van der Waals surface area contributed by atoms with Crippen LogP contribution in [0, 0.1) is 0 Å². The fourth-order valence-electron chi connectivity index (χ4n) is 17.9. The van der Waals surface area contributed by atoms with Crippen molar-refractivity contribution < 1.29 is 0 Å². The molecule has 6 heterocycles. The fraction of sp³-hybridized carbons (Fsp3) is 0.542. The van der Waals surface area contributed by atoms with Crippen LogP contribution in [0.1, 0.15) is 358 Å². The molecule has 19 heteroatoms. The molecule has 0 atom stereocenters. The topological polar surface area (TPSA) is 416 Å². The van der Waals surface area contributed by atoms with Gasteiger partial charge in [0, 0.05) is 32.3 Å². The summed E-state index contributed by atoms with van der Waals surface area (Å²) in [5, 5.41) is 7.32. The molecule has 6 aromatic heterocycles. The first-order valence-electron chi connectivity index (χ1n) is 53.9. The number of nitrogens with two attached hydrogens (primary N) is 13. The van der Waals surface area contributed by atoms with E-state index in [1.807, 2.05) is 0 Å². The zero-order valence-electron chi connectivity index (χ0n) is 86.0. The number of nitrogens with zero attached hydrogens (tertiary/aromatic N) is 6. The van der Waals surface area contributed by atoms with E-state index in [9.17, 15) is 0 Å². The van der Waals surface area contributed by atoms with E-state index in [0.29, 0.717) is 34.9 Å². The van der Waals surface area contributed by atoms with Gasteiger partial charge in [0.2, 0.25) is 0 Å². The first-order chi connectivity index (χ1) is 66.9. The summed E-state index contributed by atoms with van der Waals surface area (Å²) in [4.78, 5) is 27.8. The predicted molar refractivity (Wildman–Crippen MR) is 598 cm³/mol.